The zero-order valence-electron chi connectivity index (χ0n) is 11.2. The van der Waals surface area contributed by atoms with Crippen LogP contribution in [-0.2, 0) is 6.18 Å². The molecule has 3 rings (SSSR count). The third-order valence-corrected chi connectivity index (χ3v) is 3.03. The van der Waals surface area contributed by atoms with Gasteiger partial charge in [-0.25, -0.2) is 4.98 Å². The minimum Gasteiger partial charge on any atom is -0.255 e. The fourth-order valence-electron chi connectivity index (χ4n) is 1.95. The normalized spacial score (nSPS) is 11.4. The van der Waals surface area contributed by atoms with Crippen LogP contribution in [0.1, 0.15) is 5.56 Å². The van der Waals surface area contributed by atoms with Crippen LogP contribution < -0.4 is 0 Å². The summed E-state index contributed by atoms with van der Waals surface area (Å²) >= 11 is 0. The first-order valence-corrected chi connectivity index (χ1v) is 6.46. The molecule has 0 amide bonds. The predicted octanol–water partition coefficient (Wildman–Crippen LogP) is 4.22. The number of pyridine rings is 3. The van der Waals surface area contributed by atoms with E-state index in [0.717, 1.165) is 12.3 Å². The molecular formula is C16H10F3N3. The van der Waals surface area contributed by atoms with Gasteiger partial charge in [-0.05, 0) is 36.4 Å². The largest absolute Gasteiger partial charge is 0.417 e. The van der Waals surface area contributed by atoms with Crippen molar-refractivity contribution < 1.29 is 13.2 Å². The summed E-state index contributed by atoms with van der Waals surface area (Å²) in [6.45, 7) is 0. The Bertz CT molecular complexity index is 769. The molecule has 3 aromatic heterocycles. The van der Waals surface area contributed by atoms with E-state index in [1.807, 2.05) is 12.1 Å². The summed E-state index contributed by atoms with van der Waals surface area (Å²) in [5.41, 5.74) is 1.43. The molecule has 0 aliphatic carbocycles. The van der Waals surface area contributed by atoms with Gasteiger partial charge in [-0.1, -0.05) is 12.1 Å². The number of hydrogen-bond donors (Lipinski definition) is 0. The lowest BCUT2D eigenvalue weighted by molar-refractivity contribution is -0.137. The van der Waals surface area contributed by atoms with Crippen molar-refractivity contribution in [2.24, 2.45) is 0 Å². The van der Waals surface area contributed by atoms with Gasteiger partial charge in [-0.2, -0.15) is 13.2 Å². The van der Waals surface area contributed by atoms with E-state index in [2.05, 4.69) is 15.0 Å². The molecule has 0 radical (unpaired) electrons. The minimum absolute atomic E-state index is 0.380. The molecule has 0 atom stereocenters. The van der Waals surface area contributed by atoms with Crippen LogP contribution in [0, 0.1) is 0 Å². The van der Waals surface area contributed by atoms with Gasteiger partial charge >= 0.3 is 6.18 Å². The third kappa shape index (κ3) is 2.95. The second-order valence-corrected chi connectivity index (χ2v) is 4.55. The van der Waals surface area contributed by atoms with Crippen LogP contribution in [0.2, 0.25) is 0 Å². The highest BCUT2D eigenvalue weighted by atomic mass is 19.4. The Hall–Kier alpha value is -2.76. The number of hydrogen-bond acceptors (Lipinski definition) is 3. The lowest BCUT2D eigenvalue weighted by Crippen LogP contribution is -2.05. The summed E-state index contributed by atoms with van der Waals surface area (Å²) in [4.78, 5) is 12.4. The molecule has 0 bridgehead atoms. The zero-order valence-corrected chi connectivity index (χ0v) is 11.2. The van der Waals surface area contributed by atoms with Crippen molar-refractivity contribution in [3.63, 3.8) is 0 Å². The van der Waals surface area contributed by atoms with Gasteiger partial charge in [0.1, 0.15) is 0 Å². The highest BCUT2D eigenvalue weighted by Gasteiger charge is 2.30. The molecule has 0 saturated heterocycles. The molecule has 0 N–H and O–H groups in total. The molecule has 0 fully saturated rings. The maximum absolute atomic E-state index is 12.5. The van der Waals surface area contributed by atoms with Crippen molar-refractivity contribution in [2.75, 3.05) is 0 Å². The van der Waals surface area contributed by atoms with Gasteiger partial charge in [0.2, 0.25) is 0 Å². The second-order valence-electron chi connectivity index (χ2n) is 4.55. The Kier molecular flexibility index (Phi) is 3.58. The molecule has 110 valence electrons. The summed E-state index contributed by atoms with van der Waals surface area (Å²) < 4.78 is 37.6. The van der Waals surface area contributed by atoms with Crippen molar-refractivity contribution >= 4 is 0 Å². The van der Waals surface area contributed by atoms with Crippen LogP contribution >= 0.6 is 0 Å². The fourth-order valence-corrected chi connectivity index (χ4v) is 1.95. The first-order valence-electron chi connectivity index (χ1n) is 6.46. The fraction of sp³-hybridized carbons (Fsp3) is 0.0625. The molecular weight excluding hydrogens is 291 g/mol. The number of nitrogens with zero attached hydrogens (tertiary/aromatic N) is 3. The lowest BCUT2D eigenvalue weighted by atomic mass is 10.2. The van der Waals surface area contributed by atoms with Crippen LogP contribution in [0.3, 0.4) is 0 Å². The predicted molar refractivity (Wildman–Crippen MR) is 75.7 cm³/mol. The first kappa shape index (κ1) is 14.2. The molecule has 22 heavy (non-hydrogen) atoms. The quantitative estimate of drug-likeness (QED) is 0.711. The molecule has 3 aromatic rings. The molecule has 0 aliphatic heterocycles. The van der Waals surface area contributed by atoms with Gasteiger partial charge in [0, 0.05) is 12.4 Å². The van der Waals surface area contributed by atoms with Crippen molar-refractivity contribution in [3.05, 3.63) is 66.5 Å². The van der Waals surface area contributed by atoms with Crippen LogP contribution in [-0.4, -0.2) is 15.0 Å². The Morgan fingerprint density at radius 2 is 1.36 bits per heavy atom. The highest BCUT2D eigenvalue weighted by molar-refractivity contribution is 5.61. The Balaban J connectivity index is 1.96. The van der Waals surface area contributed by atoms with E-state index in [9.17, 15) is 13.2 Å². The van der Waals surface area contributed by atoms with Gasteiger partial charge in [0.25, 0.3) is 0 Å². The minimum atomic E-state index is -4.39. The van der Waals surface area contributed by atoms with Gasteiger partial charge in [0.15, 0.2) is 0 Å². The summed E-state index contributed by atoms with van der Waals surface area (Å²) in [7, 11) is 0. The van der Waals surface area contributed by atoms with Crippen LogP contribution in [0.25, 0.3) is 22.8 Å². The summed E-state index contributed by atoms with van der Waals surface area (Å²) in [6.07, 6.45) is -1.93. The average Bonchev–Trinajstić information content (AvgIpc) is 2.55. The van der Waals surface area contributed by atoms with Crippen LogP contribution in [0.5, 0.6) is 0 Å². The smallest absolute Gasteiger partial charge is 0.255 e. The van der Waals surface area contributed by atoms with E-state index in [1.165, 1.54) is 6.07 Å². The Morgan fingerprint density at radius 3 is 1.91 bits per heavy atom. The van der Waals surface area contributed by atoms with Gasteiger partial charge in [-0.3, -0.25) is 9.97 Å². The monoisotopic (exact) mass is 301 g/mol. The molecule has 3 heterocycles. The van der Waals surface area contributed by atoms with E-state index in [4.69, 9.17) is 0 Å². The summed E-state index contributed by atoms with van der Waals surface area (Å²) in [5, 5.41) is 0. The summed E-state index contributed by atoms with van der Waals surface area (Å²) in [5.74, 6) is 0. The van der Waals surface area contributed by atoms with Crippen molar-refractivity contribution in [1.29, 1.82) is 0 Å². The second kappa shape index (κ2) is 5.55. The number of aromatic nitrogens is 3. The molecule has 0 aliphatic rings. The molecule has 0 aromatic carbocycles. The van der Waals surface area contributed by atoms with E-state index in [0.29, 0.717) is 22.8 Å². The van der Waals surface area contributed by atoms with Crippen LogP contribution in [0.15, 0.2) is 60.9 Å². The van der Waals surface area contributed by atoms with E-state index >= 15 is 0 Å². The van der Waals surface area contributed by atoms with Crippen molar-refractivity contribution in [1.82, 2.24) is 15.0 Å². The molecule has 3 nitrogen and oxygen atoms in total. The Morgan fingerprint density at radius 1 is 0.682 bits per heavy atom. The average molecular weight is 301 g/mol. The van der Waals surface area contributed by atoms with Gasteiger partial charge in [0.05, 0.1) is 28.3 Å². The molecule has 0 saturated carbocycles. The first-order chi connectivity index (χ1) is 10.5. The SMILES string of the molecule is FC(F)(F)c1ccc(-c2cccc(-c3ccccn3)n2)nc1. The maximum Gasteiger partial charge on any atom is 0.417 e. The topological polar surface area (TPSA) is 38.7 Å². The van der Waals surface area contributed by atoms with Crippen molar-refractivity contribution in [3.8, 4) is 22.8 Å². The standard InChI is InChI=1S/C16H10F3N3/c17-16(18,19)11-7-8-13(21-10-11)15-6-3-5-14(22-15)12-4-1-2-9-20-12/h1-10H. The van der Waals surface area contributed by atoms with E-state index in [1.54, 1.807) is 30.5 Å². The van der Waals surface area contributed by atoms with Crippen LogP contribution in [0.4, 0.5) is 13.2 Å². The number of alkyl halides is 3. The molecule has 0 spiro atoms. The van der Waals surface area contributed by atoms with Gasteiger partial charge in [-0.15, -0.1) is 0 Å². The zero-order chi connectivity index (χ0) is 15.6. The van der Waals surface area contributed by atoms with E-state index in [-0.39, 0.29) is 0 Å². The Labute approximate surface area is 124 Å². The molecule has 0 unspecified atom stereocenters. The summed E-state index contributed by atoms with van der Waals surface area (Å²) in [6, 6.07) is 13.0. The maximum atomic E-state index is 12.5. The highest BCUT2D eigenvalue weighted by Crippen LogP contribution is 2.29. The number of rotatable bonds is 2. The van der Waals surface area contributed by atoms with Crippen molar-refractivity contribution in [2.45, 2.75) is 6.18 Å². The number of halogens is 3. The van der Waals surface area contributed by atoms with Gasteiger partial charge < -0.3 is 0 Å². The molecule has 6 heteroatoms. The third-order valence-electron chi connectivity index (χ3n) is 3.03. The van der Waals surface area contributed by atoms with E-state index < -0.39 is 11.7 Å². The lowest BCUT2D eigenvalue weighted by Gasteiger charge is -2.07.